The molecule has 0 saturated heterocycles. The quantitative estimate of drug-likeness (QED) is 0.518. The van der Waals surface area contributed by atoms with Crippen LogP contribution in [0.1, 0.15) is 20.3 Å². The first-order valence-corrected chi connectivity index (χ1v) is 10.4. The first-order valence-electron chi connectivity index (χ1n) is 10.4. The lowest BCUT2D eigenvalue weighted by Gasteiger charge is -2.17. The number of benzene rings is 2. The first-order chi connectivity index (χ1) is 14.6. The SMILES string of the molecule is CCN(CC)CCCNC(=O)COc1ccc2c(=O)cc(-c3ccccc3)oc2c1. The summed E-state index contributed by atoms with van der Waals surface area (Å²) in [5.41, 5.74) is 1.14. The molecule has 30 heavy (non-hydrogen) atoms. The van der Waals surface area contributed by atoms with Crippen molar-refractivity contribution in [1.29, 1.82) is 0 Å². The second-order valence-corrected chi connectivity index (χ2v) is 7.02. The summed E-state index contributed by atoms with van der Waals surface area (Å²) in [7, 11) is 0. The van der Waals surface area contributed by atoms with Gasteiger partial charge in [0.25, 0.3) is 5.91 Å². The van der Waals surface area contributed by atoms with Crippen LogP contribution in [0.2, 0.25) is 0 Å². The van der Waals surface area contributed by atoms with Gasteiger partial charge in [-0.3, -0.25) is 9.59 Å². The lowest BCUT2D eigenvalue weighted by molar-refractivity contribution is -0.123. The minimum absolute atomic E-state index is 0.0839. The zero-order valence-corrected chi connectivity index (χ0v) is 17.5. The van der Waals surface area contributed by atoms with Gasteiger partial charge in [-0.2, -0.15) is 0 Å². The average molecular weight is 408 g/mol. The molecule has 2 aromatic carbocycles. The van der Waals surface area contributed by atoms with Crippen molar-refractivity contribution < 1.29 is 13.9 Å². The van der Waals surface area contributed by atoms with Crippen LogP contribution >= 0.6 is 0 Å². The van der Waals surface area contributed by atoms with Gasteiger partial charge < -0.3 is 19.4 Å². The van der Waals surface area contributed by atoms with Crippen LogP contribution < -0.4 is 15.5 Å². The lowest BCUT2D eigenvalue weighted by atomic mass is 10.1. The summed E-state index contributed by atoms with van der Waals surface area (Å²) in [6, 6.07) is 15.9. The third-order valence-electron chi connectivity index (χ3n) is 5.00. The van der Waals surface area contributed by atoms with Crippen LogP contribution in [0.15, 0.2) is 63.8 Å². The van der Waals surface area contributed by atoms with Crippen LogP contribution in [0.25, 0.3) is 22.3 Å². The van der Waals surface area contributed by atoms with Gasteiger partial charge in [-0.1, -0.05) is 44.2 Å². The van der Waals surface area contributed by atoms with Gasteiger partial charge in [0, 0.05) is 24.2 Å². The van der Waals surface area contributed by atoms with Gasteiger partial charge in [0.05, 0.1) is 5.39 Å². The Kier molecular flexibility index (Phi) is 7.63. The summed E-state index contributed by atoms with van der Waals surface area (Å²) >= 11 is 0. The molecule has 0 radical (unpaired) electrons. The van der Waals surface area contributed by atoms with Crippen LogP contribution in [0, 0.1) is 0 Å². The molecule has 1 N–H and O–H groups in total. The van der Waals surface area contributed by atoms with Crippen molar-refractivity contribution in [3.63, 3.8) is 0 Å². The van der Waals surface area contributed by atoms with E-state index >= 15 is 0 Å². The molecule has 6 heteroatoms. The van der Waals surface area contributed by atoms with Gasteiger partial charge in [0.15, 0.2) is 12.0 Å². The maximum Gasteiger partial charge on any atom is 0.257 e. The molecule has 1 amide bonds. The largest absolute Gasteiger partial charge is 0.484 e. The van der Waals surface area contributed by atoms with Crippen molar-refractivity contribution in [2.75, 3.05) is 32.8 Å². The van der Waals surface area contributed by atoms with E-state index in [-0.39, 0.29) is 17.9 Å². The zero-order chi connectivity index (χ0) is 21.3. The van der Waals surface area contributed by atoms with E-state index in [0.717, 1.165) is 31.6 Å². The van der Waals surface area contributed by atoms with Gasteiger partial charge in [-0.25, -0.2) is 0 Å². The van der Waals surface area contributed by atoms with E-state index in [1.54, 1.807) is 18.2 Å². The first kappa shape index (κ1) is 21.6. The van der Waals surface area contributed by atoms with Crippen molar-refractivity contribution in [3.05, 3.63) is 64.8 Å². The molecule has 0 aliphatic rings. The molecule has 1 heterocycles. The lowest BCUT2D eigenvalue weighted by Crippen LogP contribution is -2.32. The minimum atomic E-state index is -0.172. The Labute approximate surface area is 176 Å². The van der Waals surface area contributed by atoms with Crippen molar-refractivity contribution >= 4 is 16.9 Å². The van der Waals surface area contributed by atoms with Gasteiger partial charge in [0.1, 0.15) is 17.1 Å². The highest BCUT2D eigenvalue weighted by molar-refractivity contribution is 5.80. The summed E-state index contributed by atoms with van der Waals surface area (Å²) < 4.78 is 11.5. The fraction of sp³-hybridized carbons (Fsp3) is 0.333. The van der Waals surface area contributed by atoms with Crippen molar-refractivity contribution in [1.82, 2.24) is 10.2 Å². The molecule has 158 valence electrons. The van der Waals surface area contributed by atoms with E-state index in [2.05, 4.69) is 24.1 Å². The number of rotatable bonds is 10. The van der Waals surface area contributed by atoms with E-state index in [1.807, 2.05) is 30.3 Å². The molecule has 0 saturated carbocycles. The second-order valence-electron chi connectivity index (χ2n) is 7.02. The Morgan fingerprint density at radius 1 is 1.07 bits per heavy atom. The van der Waals surface area contributed by atoms with E-state index in [4.69, 9.17) is 9.15 Å². The van der Waals surface area contributed by atoms with Crippen molar-refractivity contribution in [2.24, 2.45) is 0 Å². The fourth-order valence-corrected chi connectivity index (χ4v) is 3.24. The van der Waals surface area contributed by atoms with Gasteiger partial charge in [-0.05, 0) is 38.2 Å². The number of carbonyl (C=O) groups is 1. The highest BCUT2D eigenvalue weighted by Gasteiger charge is 2.09. The summed E-state index contributed by atoms with van der Waals surface area (Å²) in [5.74, 6) is 0.805. The van der Waals surface area contributed by atoms with Crippen LogP contribution in [0.3, 0.4) is 0 Å². The Hall–Kier alpha value is -3.12. The highest BCUT2D eigenvalue weighted by atomic mass is 16.5. The van der Waals surface area contributed by atoms with Crippen molar-refractivity contribution in [2.45, 2.75) is 20.3 Å². The highest BCUT2D eigenvalue weighted by Crippen LogP contribution is 2.24. The maximum absolute atomic E-state index is 12.4. The topological polar surface area (TPSA) is 71.8 Å². The number of ether oxygens (including phenoxy) is 1. The number of hydrogen-bond acceptors (Lipinski definition) is 5. The summed E-state index contributed by atoms with van der Waals surface area (Å²) in [6.45, 7) is 7.77. The molecule has 3 rings (SSSR count). The van der Waals surface area contributed by atoms with Gasteiger partial charge in [0.2, 0.25) is 0 Å². The summed E-state index contributed by atoms with van der Waals surface area (Å²) in [4.78, 5) is 26.8. The molecule has 1 aromatic heterocycles. The van der Waals surface area contributed by atoms with E-state index < -0.39 is 0 Å². The Morgan fingerprint density at radius 3 is 2.57 bits per heavy atom. The van der Waals surface area contributed by atoms with Crippen molar-refractivity contribution in [3.8, 4) is 17.1 Å². The van der Waals surface area contributed by atoms with Crippen LogP contribution in [-0.2, 0) is 4.79 Å². The number of nitrogens with zero attached hydrogens (tertiary/aromatic N) is 1. The summed E-state index contributed by atoms with van der Waals surface area (Å²) in [5, 5.41) is 3.34. The molecule has 0 spiro atoms. The number of hydrogen-bond donors (Lipinski definition) is 1. The third kappa shape index (κ3) is 5.70. The molecule has 0 unspecified atom stereocenters. The number of carbonyl (C=O) groups excluding carboxylic acids is 1. The zero-order valence-electron chi connectivity index (χ0n) is 17.5. The normalized spacial score (nSPS) is 11.0. The number of nitrogens with one attached hydrogen (secondary N) is 1. The minimum Gasteiger partial charge on any atom is -0.484 e. The summed E-state index contributed by atoms with van der Waals surface area (Å²) in [6.07, 6.45) is 0.900. The molecular formula is C24H28N2O4. The molecule has 0 atom stereocenters. The standard InChI is InChI=1S/C24H28N2O4/c1-3-26(4-2)14-8-13-25-24(28)17-29-19-11-12-20-21(27)16-22(30-23(20)15-19)18-9-6-5-7-10-18/h5-7,9-12,15-16H,3-4,8,13-14,17H2,1-2H3,(H,25,28). The van der Waals surface area contributed by atoms with E-state index in [1.165, 1.54) is 6.07 Å². The predicted molar refractivity (Wildman–Crippen MR) is 119 cm³/mol. The molecule has 0 aliphatic heterocycles. The average Bonchev–Trinajstić information content (AvgIpc) is 2.78. The van der Waals surface area contributed by atoms with Crippen LogP contribution in [-0.4, -0.2) is 43.6 Å². The molecule has 0 fully saturated rings. The number of fused-ring (bicyclic) bond motifs is 1. The smallest absolute Gasteiger partial charge is 0.257 e. The third-order valence-corrected chi connectivity index (χ3v) is 5.00. The molecule has 0 bridgehead atoms. The molecule has 0 aliphatic carbocycles. The van der Waals surface area contributed by atoms with Gasteiger partial charge in [-0.15, -0.1) is 0 Å². The number of amides is 1. The van der Waals surface area contributed by atoms with Crippen LogP contribution in [0.5, 0.6) is 5.75 Å². The predicted octanol–water partition coefficient (Wildman–Crippen LogP) is 3.69. The van der Waals surface area contributed by atoms with E-state index in [0.29, 0.717) is 29.0 Å². The molecule has 6 nitrogen and oxygen atoms in total. The Bertz CT molecular complexity index is 1030. The second kappa shape index (κ2) is 10.6. The van der Waals surface area contributed by atoms with Crippen LogP contribution in [0.4, 0.5) is 0 Å². The molecule has 3 aromatic rings. The Balaban J connectivity index is 1.60. The molecular weight excluding hydrogens is 380 g/mol. The Morgan fingerprint density at radius 2 is 1.83 bits per heavy atom. The monoisotopic (exact) mass is 408 g/mol. The maximum atomic E-state index is 12.4. The van der Waals surface area contributed by atoms with E-state index in [9.17, 15) is 9.59 Å². The fourth-order valence-electron chi connectivity index (χ4n) is 3.24. The van der Waals surface area contributed by atoms with Gasteiger partial charge >= 0.3 is 0 Å².